The van der Waals surface area contributed by atoms with Gasteiger partial charge < -0.3 is 4.52 Å². The van der Waals surface area contributed by atoms with E-state index in [4.69, 9.17) is 16.1 Å². The molecule has 21 heavy (non-hydrogen) atoms. The van der Waals surface area contributed by atoms with Crippen LogP contribution < -0.4 is 0 Å². The molecule has 0 unspecified atom stereocenters. The number of aromatic nitrogens is 1. The van der Waals surface area contributed by atoms with Crippen molar-refractivity contribution >= 4 is 21.6 Å². The van der Waals surface area contributed by atoms with Crippen molar-refractivity contribution in [3.63, 3.8) is 0 Å². The zero-order chi connectivity index (χ0) is 15.2. The number of benzene rings is 1. The van der Waals surface area contributed by atoms with Crippen molar-refractivity contribution in [1.29, 1.82) is 0 Å². The van der Waals surface area contributed by atoms with Gasteiger partial charge in [-0.3, -0.25) is 0 Å². The Hall–Kier alpha value is -1.37. The van der Waals surface area contributed by atoms with E-state index in [9.17, 15) is 8.42 Å². The van der Waals surface area contributed by atoms with E-state index in [1.807, 2.05) is 18.2 Å². The Morgan fingerprint density at radius 3 is 2.71 bits per heavy atom. The maximum absolute atomic E-state index is 12.8. The minimum absolute atomic E-state index is 0.174. The first-order chi connectivity index (χ1) is 9.89. The zero-order valence-corrected chi connectivity index (χ0v) is 13.3. The summed E-state index contributed by atoms with van der Waals surface area (Å²) in [5.41, 5.74) is 2.48. The second kappa shape index (κ2) is 5.12. The number of fused-ring (bicyclic) bond motifs is 1. The second-order valence-corrected chi connectivity index (χ2v) is 7.47. The van der Waals surface area contributed by atoms with E-state index >= 15 is 0 Å². The summed E-state index contributed by atoms with van der Waals surface area (Å²) in [6, 6.07) is 5.61. The summed E-state index contributed by atoms with van der Waals surface area (Å²) in [5, 5.41) is 4.35. The average Bonchev–Trinajstić information content (AvgIpc) is 2.77. The molecule has 1 aromatic carbocycles. The Morgan fingerprint density at radius 2 is 2.05 bits per heavy atom. The van der Waals surface area contributed by atoms with E-state index < -0.39 is 10.0 Å². The molecule has 0 saturated heterocycles. The van der Waals surface area contributed by atoms with Gasteiger partial charge in [0.2, 0.25) is 10.0 Å². The third-order valence-electron chi connectivity index (χ3n) is 3.71. The zero-order valence-electron chi connectivity index (χ0n) is 11.8. The molecule has 0 aliphatic carbocycles. The first-order valence-electron chi connectivity index (χ1n) is 6.60. The first-order valence-corrected chi connectivity index (χ1v) is 8.41. The van der Waals surface area contributed by atoms with Gasteiger partial charge in [0.25, 0.3) is 0 Å². The fourth-order valence-corrected chi connectivity index (χ4v) is 4.58. The lowest BCUT2D eigenvalue weighted by atomic mass is 10.0. The van der Waals surface area contributed by atoms with Crippen LogP contribution in [0.4, 0.5) is 0 Å². The summed E-state index contributed by atoms with van der Waals surface area (Å²) in [5.74, 6) is 0.324. The molecule has 0 amide bonds. The normalized spacial score (nSPS) is 16.0. The Bertz CT molecular complexity index is 779. The number of nitrogens with zero attached hydrogens (tertiary/aromatic N) is 2. The number of aryl methyl sites for hydroxylation is 2. The van der Waals surface area contributed by atoms with Crippen LogP contribution in [0.25, 0.3) is 0 Å². The van der Waals surface area contributed by atoms with E-state index in [0.29, 0.717) is 36.0 Å². The van der Waals surface area contributed by atoms with Crippen LogP contribution in [-0.4, -0.2) is 24.4 Å². The van der Waals surface area contributed by atoms with E-state index in [2.05, 4.69) is 5.16 Å². The molecule has 0 atom stereocenters. The molecule has 1 aromatic heterocycles. The highest BCUT2D eigenvalue weighted by Gasteiger charge is 2.33. The summed E-state index contributed by atoms with van der Waals surface area (Å²) >= 11 is 6.00. The lowest BCUT2D eigenvalue weighted by Crippen LogP contribution is -2.36. The van der Waals surface area contributed by atoms with Gasteiger partial charge in [-0.15, -0.1) is 0 Å². The van der Waals surface area contributed by atoms with Crippen LogP contribution in [0.5, 0.6) is 0 Å². The van der Waals surface area contributed by atoms with Gasteiger partial charge in [-0.2, -0.15) is 4.31 Å². The SMILES string of the molecule is Cc1noc(C)c1S(=O)(=O)N1CCc2ccc(Cl)cc2C1. The number of rotatable bonds is 2. The Balaban J connectivity index is 1.99. The largest absolute Gasteiger partial charge is 0.360 e. The highest BCUT2D eigenvalue weighted by Crippen LogP contribution is 2.29. The Labute approximate surface area is 128 Å². The minimum atomic E-state index is -3.60. The summed E-state index contributed by atoms with van der Waals surface area (Å²) in [6.07, 6.45) is 0.676. The molecular formula is C14H15ClN2O3S. The van der Waals surface area contributed by atoms with Crippen molar-refractivity contribution in [2.24, 2.45) is 0 Å². The molecule has 2 heterocycles. The quantitative estimate of drug-likeness (QED) is 0.851. The topological polar surface area (TPSA) is 63.4 Å². The maximum Gasteiger partial charge on any atom is 0.248 e. The third-order valence-corrected chi connectivity index (χ3v) is 6.04. The molecule has 1 aliphatic rings. The number of halogens is 1. The van der Waals surface area contributed by atoms with Crippen LogP contribution in [0.1, 0.15) is 22.6 Å². The number of sulfonamides is 1. The smallest absolute Gasteiger partial charge is 0.248 e. The van der Waals surface area contributed by atoms with Crippen molar-refractivity contribution in [2.45, 2.75) is 31.7 Å². The van der Waals surface area contributed by atoms with Crippen molar-refractivity contribution in [1.82, 2.24) is 9.46 Å². The van der Waals surface area contributed by atoms with Crippen LogP contribution in [0.3, 0.4) is 0 Å². The van der Waals surface area contributed by atoms with Crippen molar-refractivity contribution in [3.8, 4) is 0 Å². The molecule has 0 N–H and O–H groups in total. The van der Waals surface area contributed by atoms with Gasteiger partial charge in [-0.1, -0.05) is 22.8 Å². The number of hydrogen-bond acceptors (Lipinski definition) is 4. The summed E-state index contributed by atoms with van der Waals surface area (Å²) in [6.45, 7) is 4.02. The summed E-state index contributed by atoms with van der Waals surface area (Å²) in [7, 11) is -3.60. The first kappa shape index (κ1) is 14.6. The monoisotopic (exact) mass is 326 g/mol. The molecule has 0 radical (unpaired) electrons. The maximum atomic E-state index is 12.8. The Kier molecular flexibility index (Phi) is 3.55. The fourth-order valence-electron chi connectivity index (χ4n) is 2.68. The molecule has 0 saturated carbocycles. The second-order valence-electron chi connectivity index (χ2n) is 5.15. The standard InChI is InChI=1S/C14H15ClN2O3S/c1-9-14(10(2)20-16-9)21(18,19)17-6-5-11-3-4-13(15)7-12(11)8-17/h3-4,7H,5-6,8H2,1-2H3. The molecule has 2 aromatic rings. The molecule has 1 aliphatic heterocycles. The molecule has 112 valence electrons. The van der Waals surface area contributed by atoms with Gasteiger partial charge in [-0.25, -0.2) is 8.42 Å². The van der Waals surface area contributed by atoms with Crippen LogP contribution in [0, 0.1) is 13.8 Å². The van der Waals surface area contributed by atoms with Crippen LogP contribution >= 0.6 is 11.6 Å². The van der Waals surface area contributed by atoms with E-state index in [1.165, 1.54) is 4.31 Å². The Morgan fingerprint density at radius 1 is 1.29 bits per heavy atom. The van der Waals surface area contributed by atoms with Crippen LogP contribution in [0.15, 0.2) is 27.6 Å². The molecule has 5 nitrogen and oxygen atoms in total. The number of hydrogen-bond donors (Lipinski definition) is 0. The lowest BCUT2D eigenvalue weighted by molar-refractivity contribution is 0.382. The molecule has 0 spiro atoms. The molecule has 0 fully saturated rings. The average molecular weight is 327 g/mol. The summed E-state index contributed by atoms with van der Waals surface area (Å²) in [4.78, 5) is 0.174. The molecule has 7 heteroatoms. The van der Waals surface area contributed by atoms with Gasteiger partial charge in [-0.05, 0) is 43.5 Å². The van der Waals surface area contributed by atoms with Crippen molar-refractivity contribution in [3.05, 3.63) is 45.8 Å². The van der Waals surface area contributed by atoms with Crippen LogP contribution in [-0.2, 0) is 23.0 Å². The van der Waals surface area contributed by atoms with Crippen LogP contribution in [0.2, 0.25) is 5.02 Å². The predicted octanol–water partition coefficient (Wildman–Crippen LogP) is 2.69. The minimum Gasteiger partial charge on any atom is -0.360 e. The summed E-state index contributed by atoms with van der Waals surface area (Å²) < 4.78 is 32.0. The van der Waals surface area contributed by atoms with Gasteiger partial charge >= 0.3 is 0 Å². The molecule has 3 rings (SSSR count). The third kappa shape index (κ3) is 2.47. The fraction of sp³-hybridized carbons (Fsp3) is 0.357. The van der Waals surface area contributed by atoms with Gasteiger partial charge in [0.1, 0.15) is 10.6 Å². The lowest BCUT2D eigenvalue weighted by Gasteiger charge is -2.28. The highest BCUT2D eigenvalue weighted by molar-refractivity contribution is 7.89. The van der Waals surface area contributed by atoms with Crippen molar-refractivity contribution in [2.75, 3.05) is 6.54 Å². The van der Waals surface area contributed by atoms with E-state index in [1.54, 1.807) is 13.8 Å². The van der Waals surface area contributed by atoms with E-state index in [-0.39, 0.29) is 4.90 Å². The highest BCUT2D eigenvalue weighted by atomic mass is 35.5. The predicted molar refractivity (Wildman–Crippen MR) is 78.7 cm³/mol. The van der Waals surface area contributed by atoms with Gasteiger partial charge in [0, 0.05) is 18.1 Å². The van der Waals surface area contributed by atoms with Gasteiger partial charge in [0.05, 0.1) is 0 Å². The van der Waals surface area contributed by atoms with Crippen molar-refractivity contribution < 1.29 is 12.9 Å². The van der Waals surface area contributed by atoms with Gasteiger partial charge in [0.15, 0.2) is 5.76 Å². The van der Waals surface area contributed by atoms with E-state index in [0.717, 1.165) is 11.1 Å². The molecule has 0 bridgehead atoms. The molecular weight excluding hydrogens is 312 g/mol.